The summed E-state index contributed by atoms with van der Waals surface area (Å²) < 4.78 is 0. The number of aromatic nitrogens is 2. The summed E-state index contributed by atoms with van der Waals surface area (Å²) in [5.74, 6) is 0.360. The largest absolute Gasteiger partial charge is 0.369 e. The van der Waals surface area contributed by atoms with Gasteiger partial charge in [0.05, 0.1) is 11.9 Å². The molecule has 6 nitrogen and oxygen atoms in total. The molecule has 0 atom stereocenters. The number of benzene rings is 2. The number of anilines is 3. The molecule has 0 spiro atoms. The predicted molar refractivity (Wildman–Crippen MR) is 111 cm³/mol. The zero-order valence-electron chi connectivity index (χ0n) is 15.7. The lowest BCUT2D eigenvalue weighted by atomic mass is 10.0. The van der Waals surface area contributed by atoms with Gasteiger partial charge in [-0.3, -0.25) is 0 Å². The fourth-order valence-corrected chi connectivity index (χ4v) is 2.93. The maximum absolute atomic E-state index is 12.4. The van der Waals surface area contributed by atoms with Crippen LogP contribution in [-0.4, -0.2) is 16.0 Å². The quantitative estimate of drug-likeness (QED) is 0.499. The van der Waals surface area contributed by atoms with E-state index in [9.17, 15) is 4.79 Å². The minimum Gasteiger partial charge on any atom is -0.369 e. The normalized spacial score (nSPS) is 10.6. The zero-order chi connectivity index (χ0) is 19.2. The van der Waals surface area contributed by atoms with Crippen LogP contribution in [0.3, 0.4) is 0 Å². The monoisotopic (exact) mass is 363 g/mol. The molecular weight excluding hydrogens is 338 g/mol. The summed E-state index contributed by atoms with van der Waals surface area (Å²) >= 11 is 0. The molecule has 0 aliphatic rings. The Balaban J connectivity index is 1.66. The number of hydrogen-bond acceptors (Lipinski definition) is 3. The summed E-state index contributed by atoms with van der Waals surface area (Å²) in [6, 6.07) is 13.4. The number of urea groups is 1. The van der Waals surface area contributed by atoms with E-state index in [-0.39, 0.29) is 6.03 Å². The van der Waals surface area contributed by atoms with Gasteiger partial charge >= 0.3 is 6.03 Å². The average molecular weight is 363 g/mol. The number of rotatable bonds is 6. The van der Waals surface area contributed by atoms with Crippen LogP contribution >= 0.6 is 0 Å². The summed E-state index contributed by atoms with van der Waals surface area (Å²) in [6.45, 7) is 4.19. The molecule has 0 fully saturated rings. The first-order chi connectivity index (χ1) is 13.0. The Bertz CT molecular complexity index is 932. The van der Waals surface area contributed by atoms with Crippen LogP contribution in [-0.2, 0) is 6.42 Å². The second-order valence-corrected chi connectivity index (χ2v) is 6.59. The number of nitrogens with zero attached hydrogens (tertiary/aromatic N) is 1. The highest BCUT2D eigenvalue weighted by Gasteiger charge is 2.08. The van der Waals surface area contributed by atoms with Crippen molar-refractivity contribution in [3.8, 4) is 11.3 Å². The molecule has 0 saturated carbocycles. The minimum atomic E-state index is -0.277. The molecule has 0 aliphatic heterocycles. The molecule has 3 aromatic rings. The summed E-state index contributed by atoms with van der Waals surface area (Å²) in [5.41, 5.74) is 11.2. The SMILES string of the molecule is CCCCc1ccc(NC(=O)Nc2cccc(-c3cnc(N)[nH]3)c2)c(C)c1. The van der Waals surface area contributed by atoms with Gasteiger partial charge in [0, 0.05) is 16.9 Å². The van der Waals surface area contributed by atoms with Crippen LogP contribution in [0.15, 0.2) is 48.7 Å². The maximum Gasteiger partial charge on any atom is 0.323 e. The first-order valence-electron chi connectivity index (χ1n) is 9.13. The molecule has 0 aliphatic carbocycles. The van der Waals surface area contributed by atoms with E-state index >= 15 is 0 Å². The number of imidazole rings is 1. The van der Waals surface area contributed by atoms with E-state index in [0.29, 0.717) is 11.6 Å². The van der Waals surface area contributed by atoms with Gasteiger partial charge in [-0.2, -0.15) is 0 Å². The van der Waals surface area contributed by atoms with E-state index in [2.05, 4.69) is 39.7 Å². The third-order valence-corrected chi connectivity index (χ3v) is 4.38. The number of nitrogens with one attached hydrogen (secondary N) is 3. The van der Waals surface area contributed by atoms with Crippen molar-refractivity contribution in [2.24, 2.45) is 0 Å². The lowest BCUT2D eigenvalue weighted by Crippen LogP contribution is -2.20. The van der Waals surface area contributed by atoms with Gasteiger partial charge in [-0.05, 0) is 49.1 Å². The van der Waals surface area contributed by atoms with Crippen LogP contribution in [0.2, 0.25) is 0 Å². The smallest absolute Gasteiger partial charge is 0.323 e. The second kappa shape index (κ2) is 8.40. The average Bonchev–Trinajstić information content (AvgIpc) is 3.09. The van der Waals surface area contributed by atoms with Crippen molar-refractivity contribution in [1.82, 2.24) is 9.97 Å². The van der Waals surface area contributed by atoms with E-state index in [1.54, 1.807) is 6.20 Å². The number of amides is 2. The third kappa shape index (κ3) is 4.88. The Kier molecular flexibility index (Phi) is 5.76. The summed E-state index contributed by atoms with van der Waals surface area (Å²) in [6.07, 6.45) is 5.07. The van der Waals surface area contributed by atoms with Crippen LogP contribution in [0.1, 0.15) is 30.9 Å². The van der Waals surface area contributed by atoms with E-state index in [4.69, 9.17) is 5.73 Å². The predicted octanol–water partition coefficient (Wildman–Crippen LogP) is 4.95. The third-order valence-electron chi connectivity index (χ3n) is 4.38. The number of carbonyl (C=O) groups is 1. The highest BCUT2D eigenvalue weighted by atomic mass is 16.2. The van der Waals surface area contributed by atoms with Crippen molar-refractivity contribution < 1.29 is 4.79 Å². The van der Waals surface area contributed by atoms with Crippen molar-refractivity contribution >= 4 is 23.4 Å². The molecule has 0 saturated heterocycles. The highest BCUT2D eigenvalue weighted by Crippen LogP contribution is 2.22. The van der Waals surface area contributed by atoms with Crippen LogP contribution < -0.4 is 16.4 Å². The topological polar surface area (TPSA) is 95.8 Å². The Hall–Kier alpha value is -3.28. The summed E-state index contributed by atoms with van der Waals surface area (Å²) in [7, 11) is 0. The Morgan fingerprint density at radius 3 is 2.74 bits per heavy atom. The molecule has 3 rings (SSSR count). The number of carbonyl (C=O) groups excluding carboxylic acids is 1. The van der Waals surface area contributed by atoms with Gasteiger partial charge in [0.1, 0.15) is 0 Å². The summed E-state index contributed by atoms with van der Waals surface area (Å²) in [5, 5.41) is 5.78. The number of nitrogen functional groups attached to an aromatic ring is 1. The molecule has 2 aromatic carbocycles. The first-order valence-corrected chi connectivity index (χ1v) is 9.13. The van der Waals surface area contributed by atoms with Crippen LogP contribution in [0.4, 0.5) is 22.1 Å². The standard InChI is InChI=1S/C21H25N5O/c1-3-4-6-15-9-10-18(14(2)11-15)26-21(27)24-17-8-5-7-16(12-17)19-13-23-20(22)25-19/h5,7-13H,3-4,6H2,1-2H3,(H3,22,23,25)(H2,24,26,27). The second-order valence-electron chi connectivity index (χ2n) is 6.59. The molecule has 140 valence electrons. The molecule has 0 unspecified atom stereocenters. The molecule has 0 radical (unpaired) electrons. The molecule has 27 heavy (non-hydrogen) atoms. The van der Waals surface area contributed by atoms with Crippen molar-refractivity contribution in [2.45, 2.75) is 33.1 Å². The van der Waals surface area contributed by atoms with E-state index in [0.717, 1.165) is 28.9 Å². The Morgan fingerprint density at radius 1 is 1.19 bits per heavy atom. The summed E-state index contributed by atoms with van der Waals surface area (Å²) in [4.78, 5) is 19.4. The lowest BCUT2D eigenvalue weighted by Gasteiger charge is -2.12. The molecule has 5 N–H and O–H groups in total. The van der Waals surface area contributed by atoms with E-state index in [1.807, 2.05) is 37.3 Å². The Labute approximate surface area is 159 Å². The fraction of sp³-hybridized carbons (Fsp3) is 0.238. The van der Waals surface area contributed by atoms with Crippen molar-refractivity contribution in [2.75, 3.05) is 16.4 Å². The van der Waals surface area contributed by atoms with Gasteiger partial charge in [0.2, 0.25) is 0 Å². The molecule has 2 amide bonds. The van der Waals surface area contributed by atoms with Gasteiger partial charge in [-0.1, -0.05) is 37.6 Å². The van der Waals surface area contributed by atoms with Crippen molar-refractivity contribution in [3.63, 3.8) is 0 Å². The lowest BCUT2D eigenvalue weighted by molar-refractivity contribution is 0.262. The molecule has 0 bridgehead atoms. The van der Waals surface area contributed by atoms with Crippen LogP contribution in [0.25, 0.3) is 11.3 Å². The minimum absolute atomic E-state index is 0.277. The Morgan fingerprint density at radius 2 is 2.04 bits per heavy atom. The maximum atomic E-state index is 12.4. The number of aromatic amines is 1. The number of unbranched alkanes of at least 4 members (excludes halogenated alkanes) is 1. The van der Waals surface area contributed by atoms with Gasteiger partial charge in [-0.25, -0.2) is 9.78 Å². The first kappa shape index (κ1) is 18.5. The highest BCUT2D eigenvalue weighted by molar-refractivity contribution is 6.00. The molecule has 6 heteroatoms. The van der Waals surface area contributed by atoms with Crippen molar-refractivity contribution in [3.05, 3.63) is 59.8 Å². The fourth-order valence-electron chi connectivity index (χ4n) is 2.93. The zero-order valence-corrected chi connectivity index (χ0v) is 15.7. The van der Waals surface area contributed by atoms with Gasteiger partial charge in [0.25, 0.3) is 0 Å². The number of nitrogens with two attached hydrogens (primary N) is 1. The molecular formula is C21H25N5O. The number of aryl methyl sites for hydroxylation is 2. The van der Waals surface area contributed by atoms with Gasteiger partial charge < -0.3 is 21.4 Å². The molecule has 1 aromatic heterocycles. The van der Waals surface area contributed by atoms with E-state index < -0.39 is 0 Å². The van der Waals surface area contributed by atoms with Gasteiger partial charge in [0.15, 0.2) is 5.95 Å². The molecule has 1 heterocycles. The number of H-pyrrole nitrogens is 1. The van der Waals surface area contributed by atoms with Crippen LogP contribution in [0.5, 0.6) is 0 Å². The van der Waals surface area contributed by atoms with Crippen molar-refractivity contribution in [1.29, 1.82) is 0 Å². The van der Waals surface area contributed by atoms with Crippen LogP contribution in [0, 0.1) is 6.92 Å². The van der Waals surface area contributed by atoms with E-state index in [1.165, 1.54) is 18.4 Å². The number of hydrogen-bond donors (Lipinski definition) is 4. The van der Waals surface area contributed by atoms with Gasteiger partial charge in [-0.15, -0.1) is 0 Å².